The number of hydrogen-bond donors (Lipinski definition) is 1. The van der Waals surface area contributed by atoms with Crippen LogP contribution in [0.1, 0.15) is 23.2 Å². The first-order valence-corrected chi connectivity index (χ1v) is 9.41. The molecule has 2 amide bonds. The molecule has 1 saturated heterocycles. The lowest BCUT2D eigenvalue weighted by Gasteiger charge is -2.35. The SMILES string of the molecule is CN(Cc1ccncn1)C(=O)C[C@@H]1C(=O)NCCN1Cc1ccccc1C(F)(F)F. The zero-order chi connectivity index (χ0) is 21.7. The van der Waals surface area contributed by atoms with Crippen LogP contribution in [-0.4, -0.2) is 57.8 Å². The highest BCUT2D eigenvalue weighted by Crippen LogP contribution is 2.32. The highest BCUT2D eigenvalue weighted by molar-refractivity contribution is 5.88. The molecule has 1 aromatic heterocycles. The Balaban J connectivity index is 1.72. The summed E-state index contributed by atoms with van der Waals surface area (Å²) in [6, 6.07) is 6.12. The van der Waals surface area contributed by atoms with Crippen molar-refractivity contribution >= 4 is 11.8 Å². The Hall–Kier alpha value is -3.01. The Morgan fingerprint density at radius 1 is 1.30 bits per heavy atom. The maximum atomic E-state index is 13.3. The van der Waals surface area contributed by atoms with Gasteiger partial charge in [0.1, 0.15) is 6.33 Å². The predicted octanol–water partition coefficient (Wildman–Crippen LogP) is 1.84. The topological polar surface area (TPSA) is 78.4 Å². The minimum Gasteiger partial charge on any atom is -0.353 e. The number of benzene rings is 1. The molecule has 0 aliphatic carbocycles. The molecule has 1 aliphatic rings. The molecular weight excluding hydrogens is 399 g/mol. The first kappa shape index (κ1) is 21.7. The smallest absolute Gasteiger partial charge is 0.353 e. The van der Waals surface area contributed by atoms with Crippen LogP contribution in [0.2, 0.25) is 0 Å². The molecule has 0 radical (unpaired) electrons. The van der Waals surface area contributed by atoms with E-state index in [4.69, 9.17) is 0 Å². The zero-order valence-corrected chi connectivity index (χ0v) is 16.4. The second-order valence-corrected chi connectivity index (χ2v) is 7.09. The van der Waals surface area contributed by atoms with Crippen LogP contribution >= 0.6 is 0 Å². The minimum atomic E-state index is -4.49. The number of alkyl halides is 3. The van der Waals surface area contributed by atoms with Crippen LogP contribution in [0.3, 0.4) is 0 Å². The van der Waals surface area contributed by atoms with Gasteiger partial charge in [0.05, 0.1) is 30.3 Å². The summed E-state index contributed by atoms with van der Waals surface area (Å²) in [5.74, 6) is -0.667. The molecule has 3 rings (SSSR count). The maximum Gasteiger partial charge on any atom is 0.416 e. The van der Waals surface area contributed by atoms with Crippen molar-refractivity contribution in [3.63, 3.8) is 0 Å². The Morgan fingerprint density at radius 3 is 2.77 bits per heavy atom. The van der Waals surface area contributed by atoms with Crippen LogP contribution < -0.4 is 5.32 Å². The Morgan fingerprint density at radius 2 is 2.07 bits per heavy atom. The molecule has 0 spiro atoms. The molecule has 10 heteroatoms. The third-order valence-electron chi connectivity index (χ3n) is 4.97. The summed E-state index contributed by atoms with van der Waals surface area (Å²) < 4.78 is 40.0. The van der Waals surface area contributed by atoms with Crippen LogP contribution in [-0.2, 0) is 28.9 Å². The number of rotatable bonds is 6. The highest BCUT2D eigenvalue weighted by atomic mass is 19.4. The first-order valence-electron chi connectivity index (χ1n) is 9.41. The molecular formula is C20H22F3N5O2. The fourth-order valence-electron chi connectivity index (χ4n) is 3.39. The summed E-state index contributed by atoms with van der Waals surface area (Å²) in [6.07, 6.45) is -1.68. The number of nitrogens with zero attached hydrogens (tertiary/aromatic N) is 4. The number of aromatic nitrogens is 2. The van der Waals surface area contributed by atoms with E-state index in [1.54, 1.807) is 24.2 Å². The second kappa shape index (κ2) is 9.21. The largest absolute Gasteiger partial charge is 0.416 e. The van der Waals surface area contributed by atoms with E-state index in [-0.39, 0.29) is 36.9 Å². The van der Waals surface area contributed by atoms with E-state index >= 15 is 0 Å². The molecule has 7 nitrogen and oxygen atoms in total. The van der Waals surface area contributed by atoms with Gasteiger partial charge < -0.3 is 10.2 Å². The molecule has 30 heavy (non-hydrogen) atoms. The van der Waals surface area contributed by atoms with Crippen LogP contribution in [0, 0.1) is 0 Å². The van der Waals surface area contributed by atoms with E-state index in [1.807, 2.05) is 0 Å². The maximum absolute atomic E-state index is 13.3. The van der Waals surface area contributed by atoms with Gasteiger partial charge in [-0.25, -0.2) is 9.97 Å². The number of nitrogens with one attached hydrogen (secondary N) is 1. The lowest BCUT2D eigenvalue weighted by molar-refractivity contribution is -0.140. The van der Waals surface area contributed by atoms with E-state index in [1.165, 1.54) is 29.4 Å². The second-order valence-electron chi connectivity index (χ2n) is 7.09. The fraction of sp³-hybridized carbons (Fsp3) is 0.400. The van der Waals surface area contributed by atoms with Crippen LogP contribution in [0.25, 0.3) is 0 Å². The lowest BCUT2D eigenvalue weighted by atomic mass is 10.0. The van der Waals surface area contributed by atoms with Crippen molar-refractivity contribution in [3.05, 3.63) is 59.7 Å². The van der Waals surface area contributed by atoms with Crippen LogP contribution in [0.4, 0.5) is 13.2 Å². The van der Waals surface area contributed by atoms with E-state index in [0.29, 0.717) is 18.8 Å². The van der Waals surface area contributed by atoms with E-state index in [2.05, 4.69) is 15.3 Å². The average Bonchev–Trinajstić information content (AvgIpc) is 2.71. The van der Waals surface area contributed by atoms with E-state index < -0.39 is 17.8 Å². The van der Waals surface area contributed by atoms with Gasteiger partial charge in [0, 0.05) is 32.9 Å². The summed E-state index contributed by atoms with van der Waals surface area (Å²) >= 11 is 0. The highest BCUT2D eigenvalue weighted by Gasteiger charge is 2.36. The Bertz CT molecular complexity index is 892. The number of piperazine rings is 1. The molecule has 0 bridgehead atoms. The third kappa shape index (κ3) is 5.32. The summed E-state index contributed by atoms with van der Waals surface area (Å²) in [6.45, 7) is 0.837. The van der Waals surface area contributed by atoms with Gasteiger partial charge >= 0.3 is 6.18 Å². The number of carbonyl (C=O) groups is 2. The van der Waals surface area contributed by atoms with Gasteiger partial charge in [0.25, 0.3) is 0 Å². The number of hydrogen-bond acceptors (Lipinski definition) is 5. The lowest BCUT2D eigenvalue weighted by Crippen LogP contribution is -2.56. The van der Waals surface area contributed by atoms with Gasteiger partial charge in [-0.15, -0.1) is 0 Å². The monoisotopic (exact) mass is 421 g/mol. The first-order chi connectivity index (χ1) is 14.3. The fourth-order valence-corrected chi connectivity index (χ4v) is 3.39. The Labute approximate surface area is 171 Å². The van der Waals surface area contributed by atoms with Crippen molar-refractivity contribution in [2.45, 2.75) is 31.7 Å². The third-order valence-corrected chi connectivity index (χ3v) is 4.97. The number of amides is 2. The van der Waals surface area contributed by atoms with Gasteiger partial charge in [-0.2, -0.15) is 13.2 Å². The molecule has 2 heterocycles. The summed E-state index contributed by atoms with van der Waals surface area (Å²) in [7, 11) is 1.59. The van der Waals surface area contributed by atoms with Crippen molar-refractivity contribution in [1.29, 1.82) is 0 Å². The van der Waals surface area contributed by atoms with Gasteiger partial charge in [0.2, 0.25) is 11.8 Å². The normalized spacial score (nSPS) is 17.5. The number of carbonyl (C=O) groups excluding carboxylic acids is 2. The molecule has 160 valence electrons. The van der Waals surface area contributed by atoms with Gasteiger partial charge in [-0.05, 0) is 17.7 Å². The average molecular weight is 421 g/mol. The summed E-state index contributed by atoms with van der Waals surface area (Å²) in [5.41, 5.74) is -0.0154. The van der Waals surface area contributed by atoms with Crippen molar-refractivity contribution in [2.75, 3.05) is 20.1 Å². The molecule has 2 aromatic rings. The van der Waals surface area contributed by atoms with Crippen molar-refractivity contribution in [1.82, 2.24) is 25.1 Å². The van der Waals surface area contributed by atoms with E-state index in [0.717, 1.165) is 6.07 Å². The zero-order valence-electron chi connectivity index (χ0n) is 16.4. The molecule has 1 aromatic carbocycles. The predicted molar refractivity (Wildman–Crippen MR) is 102 cm³/mol. The summed E-state index contributed by atoms with van der Waals surface area (Å²) in [5, 5.41) is 2.69. The molecule has 1 aliphatic heterocycles. The van der Waals surface area contributed by atoms with Gasteiger partial charge in [0.15, 0.2) is 0 Å². The standard InChI is InChI=1S/C20H22F3N5O2/c1-27(12-15-6-7-24-13-26-15)18(29)10-17-19(30)25-8-9-28(17)11-14-4-2-3-5-16(14)20(21,22)23/h2-7,13,17H,8-12H2,1H3,(H,25,30)/t17-/m1/s1. The Kier molecular flexibility index (Phi) is 6.66. The van der Waals surface area contributed by atoms with Crippen molar-refractivity contribution < 1.29 is 22.8 Å². The molecule has 0 saturated carbocycles. The van der Waals surface area contributed by atoms with Crippen LogP contribution in [0.5, 0.6) is 0 Å². The van der Waals surface area contributed by atoms with E-state index in [9.17, 15) is 22.8 Å². The van der Waals surface area contributed by atoms with Crippen LogP contribution in [0.15, 0.2) is 42.9 Å². The molecule has 1 atom stereocenters. The molecule has 0 unspecified atom stereocenters. The van der Waals surface area contributed by atoms with Gasteiger partial charge in [-0.1, -0.05) is 18.2 Å². The molecule has 1 fully saturated rings. The minimum absolute atomic E-state index is 0.0727. The van der Waals surface area contributed by atoms with Gasteiger partial charge in [-0.3, -0.25) is 14.5 Å². The molecule has 1 N–H and O–H groups in total. The van der Waals surface area contributed by atoms with Crippen molar-refractivity contribution in [2.24, 2.45) is 0 Å². The number of halogens is 3. The van der Waals surface area contributed by atoms with Crippen molar-refractivity contribution in [3.8, 4) is 0 Å². The summed E-state index contributed by atoms with van der Waals surface area (Å²) in [4.78, 5) is 36.1. The quantitative estimate of drug-likeness (QED) is 0.770.